The second-order valence-electron chi connectivity index (χ2n) is 6.13. The van der Waals surface area contributed by atoms with E-state index in [-0.39, 0.29) is 6.09 Å². The molecule has 1 aromatic heterocycles. The fourth-order valence-corrected chi connectivity index (χ4v) is 3.26. The first-order valence-corrected chi connectivity index (χ1v) is 7.79. The minimum atomic E-state index is -0.430. The average Bonchev–Trinajstić information content (AvgIpc) is 2.75. The third-order valence-corrected chi connectivity index (χ3v) is 4.16. The van der Waals surface area contributed by atoms with E-state index in [0.29, 0.717) is 5.25 Å². The zero-order valence-electron chi connectivity index (χ0n) is 12.5. The summed E-state index contributed by atoms with van der Waals surface area (Å²) in [5, 5.41) is 1.43. The standard InChI is InChI=1S/C15H22N2O2S/c1-11-5-7-16-13(9-11)20-12-6-8-17(10-12)14(18)19-15(2,3)4/h5,7,9,12H,6,8,10H2,1-4H3/t12-/m0/s1. The van der Waals surface area contributed by atoms with Crippen molar-refractivity contribution in [3.63, 3.8) is 0 Å². The summed E-state index contributed by atoms with van der Waals surface area (Å²) in [6.07, 6.45) is 2.61. The summed E-state index contributed by atoms with van der Waals surface area (Å²) in [5.74, 6) is 0. The summed E-state index contributed by atoms with van der Waals surface area (Å²) >= 11 is 1.74. The van der Waals surface area contributed by atoms with Crippen molar-refractivity contribution in [3.05, 3.63) is 23.9 Å². The fourth-order valence-electron chi connectivity index (χ4n) is 2.06. The summed E-state index contributed by atoms with van der Waals surface area (Å²) in [6, 6.07) is 4.08. The summed E-state index contributed by atoms with van der Waals surface area (Å²) in [7, 11) is 0. The molecule has 0 aromatic carbocycles. The van der Waals surface area contributed by atoms with Crippen LogP contribution in [-0.4, -0.2) is 39.9 Å². The van der Waals surface area contributed by atoms with Gasteiger partial charge in [-0.2, -0.15) is 0 Å². The molecule has 0 bridgehead atoms. The zero-order valence-corrected chi connectivity index (χ0v) is 13.4. The van der Waals surface area contributed by atoms with Crippen LogP contribution in [-0.2, 0) is 4.74 Å². The number of amides is 1. The number of pyridine rings is 1. The number of likely N-dealkylation sites (tertiary alicyclic amines) is 1. The van der Waals surface area contributed by atoms with Gasteiger partial charge in [-0.25, -0.2) is 9.78 Å². The number of rotatable bonds is 2. The maximum Gasteiger partial charge on any atom is 0.410 e. The maximum atomic E-state index is 12.0. The zero-order chi connectivity index (χ0) is 14.8. The minimum Gasteiger partial charge on any atom is -0.444 e. The largest absolute Gasteiger partial charge is 0.444 e. The third-order valence-electron chi connectivity index (χ3n) is 2.97. The molecular formula is C15H22N2O2S. The van der Waals surface area contributed by atoms with Crippen LogP contribution in [0.1, 0.15) is 32.8 Å². The molecule has 1 atom stereocenters. The Balaban J connectivity index is 1.88. The Hall–Kier alpha value is -1.23. The van der Waals surface area contributed by atoms with Crippen molar-refractivity contribution >= 4 is 17.9 Å². The number of thioether (sulfide) groups is 1. The summed E-state index contributed by atoms with van der Waals surface area (Å²) in [4.78, 5) is 18.1. The molecule has 0 spiro atoms. The molecule has 0 N–H and O–H groups in total. The summed E-state index contributed by atoms with van der Waals surface area (Å²) < 4.78 is 5.40. The predicted molar refractivity (Wildman–Crippen MR) is 81.0 cm³/mol. The topological polar surface area (TPSA) is 42.4 Å². The Kier molecular flexibility index (Phi) is 4.58. The van der Waals surface area contributed by atoms with Crippen molar-refractivity contribution < 1.29 is 9.53 Å². The van der Waals surface area contributed by atoms with Crippen molar-refractivity contribution in [1.29, 1.82) is 0 Å². The molecule has 1 fully saturated rings. The smallest absolute Gasteiger partial charge is 0.410 e. The van der Waals surface area contributed by atoms with Gasteiger partial charge >= 0.3 is 6.09 Å². The molecule has 110 valence electrons. The van der Waals surface area contributed by atoms with Crippen molar-refractivity contribution in [1.82, 2.24) is 9.88 Å². The quantitative estimate of drug-likeness (QED) is 0.837. The fraction of sp³-hybridized carbons (Fsp3) is 0.600. The molecule has 1 aliphatic heterocycles. The lowest BCUT2D eigenvalue weighted by Gasteiger charge is -2.24. The van der Waals surface area contributed by atoms with Crippen LogP contribution in [0.2, 0.25) is 0 Å². The van der Waals surface area contributed by atoms with E-state index in [2.05, 4.69) is 18.0 Å². The molecule has 1 saturated heterocycles. The monoisotopic (exact) mass is 294 g/mol. The van der Waals surface area contributed by atoms with Crippen LogP contribution in [0.15, 0.2) is 23.4 Å². The Bertz CT molecular complexity index is 485. The summed E-state index contributed by atoms with van der Waals surface area (Å²) in [5.41, 5.74) is 0.782. The van der Waals surface area contributed by atoms with E-state index in [0.717, 1.165) is 24.5 Å². The van der Waals surface area contributed by atoms with E-state index in [4.69, 9.17) is 4.74 Å². The first-order chi connectivity index (χ1) is 9.33. The van der Waals surface area contributed by atoms with Crippen LogP contribution < -0.4 is 0 Å². The van der Waals surface area contributed by atoms with Gasteiger partial charge in [-0.3, -0.25) is 0 Å². The molecule has 2 rings (SSSR count). The first kappa shape index (κ1) is 15.2. The Labute approximate surface area is 124 Å². The number of aromatic nitrogens is 1. The van der Waals surface area contributed by atoms with Crippen LogP contribution >= 0.6 is 11.8 Å². The number of hydrogen-bond donors (Lipinski definition) is 0. The van der Waals surface area contributed by atoms with E-state index in [1.807, 2.05) is 33.0 Å². The number of hydrogen-bond acceptors (Lipinski definition) is 4. The van der Waals surface area contributed by atoms with E-state index in [9.17, 15) is 4.79 Å². The van der Waals surface area contributed by atoms with Gasteiger partial charge in [0.05, 0.1) is 5.03 Å². The van der Waals surface area contributed by atoms with E-state index >= 15 is 0 Å². The van der Waals surface area contributed by atoms with E-state index in [1.54, 1.807) is 16.7 Å². The molecule has 4 nitrogen and oxygen atoms in total. The Morgan fingerprint density at radius 1 is 1.50 bits per heavy atom. The van der Waals surface area contributed by atoms with Crippen molar-refractivity contribution in [3.8, 4) is 0 Å². The van der Waals surface area contributed by atoms with E-state index < -0.39 is 5.60 Å². The highest BCUT2D eigenvalue weighted by Crippen LogP contribution is 2.29. The molecule has 0 saturated carbocycles. The first-order valence-electron chi connectivity index (χ1n) is 6.91. The van der Waals surface area contributed by atoms with Gasteiger partial charge in [-0.15, -0.1) is 11.8 Å². The summed E-state index contributed by atoms with van der Waals surface area (Å²) in [6.45, 7) is 9.23. The van der Waals surface area contributed by atoms with Crippen molar-refractivity contribution in [2.75, 3.05) is 13.1 Å². The van der Waals surface area contributed by atoms with Crippen LogP contribution in [0.25, 0.3) is 0 Å². The second kappa shape index (κ2) is 6.04. The van der Waals surface area contributed by atoms with Gasteiger partial charge in [0.15, 0.2) is 0 Å². The van der Waals surface area contributed by atoms with Gasteiger partial charge in [-0.05, 0) is 51.8 Å². The van der Waals surface area contributed by atoms with Gasteiger partial charge < -0.3 is 9.64 Å². The normalized spacial score (nSPS) is 19.2. The highest BCUT2D eigenvalue weighted by atomic mass is 32.2. The SMILES string of the molecule is Cc1ccnc(S[C@H]2CCN(C(=O)OC(C)(C)C)C2)c1. The number of nitrogens with zero attached hydrogens (tertiary/aromatic N) is 2. The lowest BCUT2D eigenvalue weighted by Crippen LogP contribution is -2.35. The molecule has 1 aromatic rings. The predicted octanol–water partition coefficient (Wildman–Crippen LogP) is 3.49. The number of aryl methyl sites for hydroxylation is 1. The highest BCUT2D eigenvalue weighted by molar-refractivity contribution is 7.99. The molecule has 5 heteroatoms. The lowest BCUT2D eigenvalue weighted by molar-refractivity contribution is 0.0295. The van der Waals surface area contributed by atoms with Crippen LogP contribution in [0, 0.1) is 6.92 Å². The number of carbonyl (C=O) groups excluding carboxylic acids is 1. The third kappa shape index (κ3) is 4.40. The molecule has 0 unspecified atom stereocenters. The molecule has 0 aliphatic carbocycles. The van der Waals surface area contributed by atoms with E-state index in [1.165, 1.54) is 5.56 Å². The maximum absolute atomic E-state index is 12.0. The van der Waals surface area contributed by atoms with Crippen LogP contribution in [0.4, 0.5) is 4.79 Å². The molecule has 20 heavy (non-hydrogen) atoms. The van der Waals surface area contributed by atoms with Gasteiger partial charge in [0.2, 0.25) is 0 Å². The van der Waals surface area contributed by atoms with Gasteiger partial charge in [0, 0.05) is 24.5 Å². The number of carbonyl (C=O) groups is 1. The molecule has 2 heterocycles. The highest BCUT2D eigenvalue weighted by Gasteiger charge is 2.30. The Morgan fingerprint density at radius 3 is 2.90 bits per heavy atom. The average molecular weight is 294 g/mol. The van der Waals surface area contributed by atoms with Crippen molar-refractivity contribution in [2.24, 2.45) is 0 Å². The second-order valence-corrected chi connectivity index (χ2v) is 7.45. The lowest BCUT2D eigenvalue weighted by atomic mass is 10.2. The van der Waals surface area contributed by atoms with Gasteiger partial charge in [0.25, 0.3) is 0 Å². The molecule has 1 aliphatic rings. The minimum absolute atomic E-state index is 0.210. The van der Waals surface area contributed by atoms with Crippen molar-refractivity contribution in [2.45, 2.75) is 50.0 Å². The van der Waals surface area contributed by atoms with Gasteiger partial charge in [-0.1, -0.05) is 0 Å². The van der Waals surface area contributed by atoms with Gasteiger partial charge in [0.1, 0.15) is 5.60 Å². The van der Waals surface area contributed by atoms with Crippen LogP contribution in [0.3, 0.4) is 0 Å². The van der Waals surface area contributed by atoms with Crippen LogP contribution in [0.5, 0.6) is 0 Å². The molecular weight excluding hydrogens is 272 g/mol. The molecule has 1 amide bonds. The molecule has 0 radical (unpaired) electrons. The number of ether oxygens (including phenoxy) is 1. The Morgan fingerprint density at radius 2 is 2.25 bits per heavy atom.